The van der Waals surface area contributed by atoms with Crippen LogP contribution >= 0.6 is 0 Å². The van der Waals surface area contributed by atoms with Crippen molar-refractivity contribution in [3.8, 4) is 0 Å². The van der Waals surface area contributed by atoms with Crippen LogP contribution < -0.4 is 5.32 Å². The van der Waals surface area contributed by atoms with Gasteiger partial charge in [-0.2, -0.15) is 0 Å². The van der Waals surface area contributed by atoms with Gasteiger partial charge in [-0.1, -0.05) is 12.2 Å². The van der Waals surface area contributed by atoms with Crippen molar-refractivity contribution in [2.24, 2.45) is 5.92 Å². The summed E-state index contributed by atoms with van der Waals surface area (Å²) in [6.07, 6.45) is 4.75. The van der Waals surface area contributed by atoms with Crippen molar-refractivity contribution in [1.82, 2.24) is 5.32 Å². The third-order valence-corrected chi connectivity index (χ3v) is 1.44. The van der Waals surface area contributed by atoms with Crippen molar-refractivity contribution in [3.05, 3.63) is 12.2 Å². The highest BCUT2D eigenvalue weighted by Gasteiger charge is 1.97. The van der Waals surface area contributed by atoms with Crippen LogP contribution in [0, 0.1) is 5.92 Å². The monoisotopic (exact) mass is 159 g/mol. The van der Waals surface area contributed by atoms with Gasteiger partial charge in [0.25, 0.3) is 0 Å². The highest BCUT2D eigenvalue weighted by Crippen LogP contribution is 1.96. The molecule has 3 nitrogen and oxygen atoms in total. The van der Waals surface area contributed by atoms with Gasteiger partial charge in [-0.3, -0.25) is 0 Å². The van der Waals surface area contributed by atoms with Gasteiger partial charge in [-0.05, 0) is 20.0 Å². The number of aliphatic hydroxyl groups is 2. The van der Waals surface area contributed by atoms with Gasteiger partial charge in [0, 0.05) is 5.92 Å². The predicted molar refractivity (Wildman–Crippen MR) is 45.3 cm³/mol. The molecule has 0 aromatic rings. The highest BCUT2D eigenvalue weighted by atomic mass is 16.3. The molecular weight excluding hydrogens is 142 g/mol. The van der Waals surface area contributed by atoms with E-state index in [2.05, 4.69) is 5.32 Å². The maximum atomic E-state index is 8.66. The normalized spacial score (nSPS) is 11.6. The van der Waals surface area contributed by atoms with Crippen LogP contribution in [0.2, 0.25) is 0 Å². The summed E-state index contributed by atoms with van der Waals surface area (Å²) in [5, 5.41) is 20.3. The van der Waals surface area contributed by atoms with Crippen LogP contribution in [-0.2, 0) is 0 Å². The SMILES string of the molecule is CNCC/C=C/C(CO)CO. The Bertz CT molecular complexity index is 100. The summed E-state index contributed by atoms with van der Waals surface area (Å²) in [6.45, 7) is 0.971. The van der Waals surface area contributed by atoms with E-state index < -0.39 is 0 Å². The highest BCUT2D eigenvalue weighted by molar-refractivity contribution is 4.88. The molecule has 0 aliphatic rings. The van der Waals surface area contributed by atoms with Crippen LogP contribution in [0.25, 0.3) is 0 Å². The molecule has 0 bridgehead atoms. The zero-order valence-corrected chi connectivity index (χ0v) is 6.95. The molecule has 0 saturated heterocycles. The molecule has 0 radical (unpaired) electrons. The third-order valence-electron chi connectivity index (χ3n) is 1.44. The largest absolute Gasteiger partial charge is 0.396 e. The Kier molecular flexibility index (Phi) is 7.46. The summed E-state index contributed by atoms with van der Waals surface area (Å²) in [6, 6.07) is 0. The Morgan fingerprint density at radius 1 is 1.36 bits per heavy atom. The van der Waals surface area contributed by atoms with E-state index in [0.29, 0.717) is 0 Å². The topological polar surface area (TPSA) is 52.5 Å². The first-order valence-corrected chi connectivity index (χ1v) is 3.88. The van der Waals surface area contributed by atoms with Crippen LogP contribution in [0.5, 0.6) is 0 Å². The summed E-state index contributed by atoms with van der Waals surface area (Å²) in [5.74, 6) is -0.0909. The first-order chi connectivity index (χ1) is 5.35. The molecule has 0 saturated carbocycles. The van der Waals surface area contributed by atoms with Crippen LogP contribution in [0.1, 0.15) is 6.42 Å². The van der Waals surface area contributed by atoms with E-state index in [1.807, 2.05) is 19.2 Å². The minimum absolute atomic E-state index is 0.0204. The van der Waals surface area contributed by atoms with Gasteiger partial charge in [-0.15, -0.1) is 0 Å². The van der Waals surface area contributed by atoms with E-state index in [-0.39, 0.29) is 19.1 Å². The minimum Gasteiger partial charge on any atom is -0.396 e. The van der Waals surface area contributed by atoms with E-state index in [1.165, 1.54) is 0 Å². The lowest BCUT2D eigenvalue weighted by Crippen LogP contribution is -2.08. The molecule has 0 unspecified atom stereocenters. The molecule has 11 heavy (non-hydrogen) atoms. The van der Waals surface area contributed by atoms with E-state index in [0.717, 1.165) is 13.0 Å². The molecule has 0 amide bonds. The van der Waals surface area contributed by atoms with E-state index in [9.17, 15) is 0 Å². The number of hydrogen-bond donors (Lipinski definition) is 3. The lowest BCUT2D eigenvalue weighted by molar-refractivity contribution is 0.177. The Morgan fingerprint density at radius 3 is 2.45 bits per heavy atom. The number of hydrogen-bond acceptors (Lipinski definition) is 3. The average Bonchev–Trinajstić information content (AvgIpc) is 2.05. The lowest BCUT2D eigenvalue weighted by atomic mass is 10.1. The van der Waals surface area contributed by atoms with Gasteiger partial charge in [0.05, 0.1) is 13.2 Å². The molecule has 0 aliphatic heterocycles. The van der Waals surface area contributed by atoms with Gasteiger partial charge < -0.3 is 15.5 Å². The van der Waals surface area contributed by atoms with Gasteiger partial charge in [0.2, 0.25) is 0 Å². The Morgan fingerprint density at radius 2 is 2.00 bits per heavy atom. The quantitative estimate of drug-likeness (QED) is 0.370. The summed E-state index contributed by atoms with van der Waals surface area (Å²) in [5.41, 5.74) is 0. The molecule has 3 heteroatoms. The second-order valence-electron chi connectivity index (χ2n) is 2.45. The summed E-state index contributed by atoms with van der Waals surface area (Å²) in [7, 11) is 1.89. The number of nitrogens with one attached hydrogen (secondary N) is 1. The van der Waals surface area contributed by atoms with Crippen molar-refractivity contribution in [2.45, 2.75) is 6.42 Å². The maximum absolute atomic E-state index is 8.66. The summed E-state index contributed by atoms with van der Waals surface area (Å²) >= 11 is 0. The summed E-state index contributed by atoms with van der Waals surface area (Å²) < 4.78 is 0. The fraction of sp³-hybridized carbons (Fsp3) is 0.750. The molecule has 0 atom stereocenters. The first kappa shape index (κ1) is 10.6. The van der Waals surface area contributed by atoms with Gasteiger partial charge in [0.15, 0.2) is 0 Å². The first-order valence-electron chi connectivity index (χ1n) is 3.88. The second-order valence-corrected chi connectivity index (χ2v) is 2.45. The maximum Gasteiger partial charge on any atom is 0.0515 e. The van der Waals surface area contributed by atoms with E-state index in [4.69, 9.17) is 10.2 Å². The average molecular weight is 159 g/mol. The molecule has 0 aliphatic carbocycles. The van der Waals surface area contributed by atoms with Crippen molar-refractivity contribution in [3.63, 3.8) is 0 Å². The second kappa shape index (κ2) is 7.72. The molecule has 3 N–H and O–H groups in total. The van der Waals surface area contributed by atoms with Gasteiger partial charge in [0.1, 0.15) is 0 Å². The van der Waals surface area contributed by atoms with Crippen molar-refractivity contribution >= 4 is 0 Å². The van der Waals surface area contributed by atoms with Crippen LogP contribution in [0.3, 0.4) is 0 Å². The van der Waals surface area contributed by atoms with Crippen LogP contribution in [-0.4, -0.2) is 37.0 Å². The van der Waals surface area contributed by atoms with Crippen LogP contribution in [0.15, 0.2) is 12.2 Å². The molecule has 0 aromatic carbocycles. The molecule has 66 valence electrons. The molecule has 0 aromatic heterocycles. The fourth-order valence-corrected chi connectivity index (χ4v) is 0.696. The van der Waals surface area contributed by atoms with Crippen molar-refractivity contribution in [1.29, 1.82) is 0 Å². The van der Waals surface area contributed by atoms with Gasteiger partial charge in [-0.25, -0.2) is 0 Å². The zero-order chi connectivity index (χ0) is 8.53. The molecule has 0 heterocycles. The Hall–Kier alpha value is -0.380. The van der Waals surface area contributed by atoms with E-state index in [1.54, 1.807) is 0 Å². The molecule has 0 rings (SSSR count). The smallest absolute Gasteiger partial charge is 0.0515 e. The number of aliphatic hydroxyl groups excluding tert-OH is 2. The Labute approximate surface area is 67.7 Å². The molecular formula is C8H17NO2. The molecule has 0 fully saturated rings. The fourth-order valence-electron chi connectivity index (χ4n) is 0.696. The Balaban J connectivity index is 3.36. The van der Waals surface area contributed by atoms with Crippen molar-refractivity contribution < 1.29 is 10.2 Å². The zero-order valence-electron chi connectivity index (χ0n) is 6.95. The van der Waals surface area contributed by atoms with Crippen molar-refractivity contribution in [2.75, 3.05) is 26.8 Å². The standard InChI is InChI=1S/C8H17NO2/c1-9-5-3-2-4-8(6-10)7-11/h2,4,8-11H,3,5-7H2,1H3/b4-2+. The predicted octanol–water partition coefficient (Wildman–Crippen LogP) is -0.247. The lowest BCUT2D eigenvalue weighted by Gasteiger charge is -2.02. The summed E-state index contributed by atoms with van der Waals surface area (Å²) in [4.78, 5) is 0. The molecule has 0 spiro atoms. The van der Waals surface area contributed by atoms with Gasteiger partial charge >= 0.3 is 0 Å². The van der Waals surface area contributed by atoms with Crippen LogP contribution in [0.4, 0.5) is 0 Å². The third kappa shape index (κ3) is 6.04. The minimum atomic E-state index is -0.0909. The van der Waals surface area contributed by atoms with E-state index >= 15 is 0 Å². The number of rotatable bonds is 6.